The molecule has 0 radical (unpaired) electrons. The zero-order valence-electron chi connectivity index (χ0n) is 11.8. The predicted octanol–water partition coefficient (Wildman–Crippen LogP) is 3.74. The van der Waals surface area contributed by atoms with Gasteiger partial charge in [-0.2, -0.15) is 0 Å². The Labute approximate surface area is 120 Å². The lowest BCUT2D eigenvalue weighted by atomic mass is 10.1. The predicted molar refractivity (Wildman–Crippen MR) is 84.8 cm³/mol. The third-order valence-corrected chi connectivity index (χ3v) is 3.73. The number of aromatic nitrogens is 1. The van der Waals surface area contributed by atoms with Gasteiger partial charge < -0.3 is 9.88 Å². The molecule has 0 saturated heterocycles. The molecular weight excluding hydrogens is 244 g/mol. The fourth-order valence-corrected chi connectivity index (χ4v) is 2.60. The fourth-order valence-electron chi connectivity index (χ4n) is 2.60. The van der Waals surface area contributed by atoms with Crippen LogP contribution in [-0.2, 0) is 13.1 Å². The molecule has 2 heteroatoms. The van der Waals surface area contributed by atoms with Gasteiger partial charge in [0.2, 0.25) is 0 Å². The Kier molecular flexibility index (Phi) is 3.84. The Morgan fingerprint density at radius 1 is 0.950 bits per heavy atom. The normalized spacial score (nSPS) is 11.1. The number of hydrogen-bond donors (Lipinski definition) is 1. The monoisotopic (exact) mass is 264 g/mol. The van der Waals surface area contributed by atoms with E-state index in [1.807, 2.05) is 0 Å². The standard InChI is InChI=1S/C18H20N2/c1-15-6-5-9-18-17(15)10-12-20(18)13-11-19-14-16-7-3-2-4-8-16/h2-10,12,19H,11,13-14H2,1H3. The third kappa shape index (κ3) is 2.75. The minimum absolute atomic E-state index is 0.930. The van der Waals surface area contributed by atoms with Crippen LogP contribution in [-0.4, -0.2) is 11.1 Å². The van der Waals surface area contributed by atoms with Crippen molar-refractivity contribution in [1.29, 1.82) is 0 Å². The van der Waals surface area contributed by atoms with Crippen LogP contribution in [0.3, 0.4) is 0 Å². The van der Waals surface area contributed by atoms with Gasteiger partial charge in [0.25, 0.3) is 0 Å². The molecule has 0 aliphatic heterocycles. The van der Waals surface area contributed by atoms with Gasteiger partial charge in [-0.1, -0.05) is 42.5 Å². The molecule has 0 saturated carbocycles. The topological polar surface area (TPSA) is 17.0 Å². The zero-order chi connectivity index (χ0) is 13.8. The van der Waals surface area contributed by atoms with E-state index in [-0.39, 0.29) is 0 Å². The van der Waals surface area contributed by atoms with Gasteiger partial charge in [-0.3, -0.25) is 0 Å². The van der Waals surface area contributed by atoms with E-state index in [2.05, 4.69) is 77.6 Å². The summed E-state index contributed by atoms with van der Waals surface area (Å²) < 4.78 is 2.32. The van der Waals surface area contributed by atoms with E-state index in [9.17, 15) is 0 Å². The second-order valence-electron chi connectivity index (χ2n) is 5.18. The molecule has 0 fully saturated rings. The molecule has 1 heterocycles. The second kappa shape index (κ2) is 5.93. The lowest BCUT2D eigenvalue weighted by Gasteiger charge is -2.08. The number of nitrogens with one attached hydrogen (secondary N) is 1. The maximum Gasteiger partial charge on any atom is 0.0483 e. The van der Waals surface area contributed by atoms with E-state index in [1.54, 1.807) is 0 Å². The number of nitrogens with zero attached hydrogens (tertiary/aromatic N) is 1. The van der Waals surface area contributed by atoms with Gasteiger partial charge in [-0.25, -0.2) is 0 Å². The van der Waals surface area contributed by atoms with Gasteiger partial charge >= 0.3 is 0 Å². The molecule has 3 rings (SSSR count). The van der Waals surface area contributed by atoms with Crippen molar-refractivity contribution in [2.24, 2.45) is 0 Å². The molecule has 3 aromatic rings. The van der Waals surface area contributed by atoms with Crippen molar-refractivity contribution in [2.45, 2.75) is 20.0 Å². The molecule has 1 aromatic heterocycles. The average molecular weight is 264 g/mol. The Hall–Kier alpha value is -2.06. The van der Waals surface area contributed by atoms with Crippen molar-refractivity contribution in [3.05, 3.63) is 71.9 Å². The summed E-state index contributed by atoms with van der Waals surface area (Å²) in [6, 6.07) is 19.2. The lowest BCUT2D eigenvalue weighted by Crippen LogP contribution is -2.19. The van der Waals surface area contributed by atoms with Gasteiger partial charge in [-0.15, -0.1) is 0 Å². The summed E-state index contributed by atoms with van der Waals surface area (Å²) in [5.74, 6) is 0. The highest BCUT2D eigenvalue weighted by molar-refractivity contribution is 5.83. The Balaban J connectivity index is 1.59. The molecule has 2 aromatic carbocycles. The number of fused-ring (bicyclic) bond motifs is 1. The lowest BCUT2D eigenvalue weighted by molar-refractivity contribution is 0.609. The van der Waals surface area contributed by atoms with Gasteiger partial charge in [0.15, 0.2) is 0 Å². The molecule has 0 amide bonds. The maximum atomic E-state index is 3.50. The van der Waals surface area contributed by atoms with Gasteiger partial charge in [0, 0.05) is 36.7 Å². The van der Waals surface area contributed by atoms with Crippen LogP contribution in [0.4, 0.5) is 0 Å². The summed E-state index contributed by atoms with van der Waals surface area (Å²) in [5.41, 5.74) is 4.01. The van der Waals surface area contributed by atoms with Gasteiger partial charge in [0.05, 0.1) is 0 Å². The second-order valence-corrected chi connectivity index (χ2v) is 5.18. The van der Waals surface area contributed by atoms with Crippen LogP contribution in [0.5, 0.6) is 0 Å². The van der Waals surface area contributed by atoms with E-state index >= 15 is 0 Å². The molecule has 0 aliphatic carbocycles. The molecule has 0 aliphatic rings. The number of benzene rings is 2. The fraction of sp³-hybridized carbons (Fsp3) is 0.222. The summed E-state index contributed by atoms with van der Waals surface area (Å²) in [6.45, 7) is 5.08. The molecule has 102 valence electrons. The smallest absolute Gasteiger partial charge is 0.0483 e. The minimum atomic E-state index is 0.930. The molecule has 0 bridgehead atoms. The first kappa shape index (κ1) is 12.9. The Bertz CT molecular complexity index is 683. The highest BCUT2D eigenvalue weighted by atomic mass is 15.0. The van der Waals surface area contributed by atoms with Crippen LogP contribution in [0.1, 0.15) is 11.1 Å². The molecule has 0 spiro atoms. The van der Waals surface area contributed by atoms with Crippen LogP contribution in [0.2, 0.25) is 0 Å². The highest BCUT2D eigenvalue weighted by Crippen LogP contribution is 2.19. The van der Waals surface area contributed by atoms with Crippen LogP contribution in [0.15, 0.2) is 60.8 Å². The van der Waals surface area contributed by atoms with Gasteiger partial charge in [-0.05, 0) is 30.2 Å². The Morgan fingerprint density at radius 2 is 1.80 bits per heavy atom. The van der Waals surface area contributed by atoms with Crippen molar-refractivity contribution in [1.82, 2.24) is 9.88 Å². The van der Waals surface area contributed by atoms with E-state index < -0.39 is 0 Å². The molecular formula is C18H20N2. The van der Waals surface area contributed by atoms with E-state index in [4.69, 9.17) is 0 Å². The largest absolute Gasteiger partial charge is 0.346 e. The van der Waals surface area contributed by atoms with Crippen LogP contribution in [0.25, 0.3) is 10.9 Å². The molecule has 2 nitrogen and oxygen atoms in total. The number of hydrogen-bond acceptors (Lipinski definition) is 1. The van der Waals surface area contributed by atoms with Crippen LogP contribution in [0, 0.1) is 6.92 Å². The average Bonchev–Trinajstić information content (AvgIpc) is 2.90. The summed E-state index contributed by atoms with van der Waals surface area (Å²) in [5, 5.41) is 4.86. The summed E-state index contributed by atoms with van der Waals surface area (Å²) in [4.78, 5) is 0. The van der Waals surface area contributed by atoms with Crippen molar-refractivity contribution < 1.29 is 0 Å². The third-order valence-electron chi connectivity index (χ3n) is 3.73. The van der Waals surface area contributed by atoms with E-state index in [1.165, 1.54) is 22.0 Å². The SMILES string of the molecule is Cc1cccc2c1ccn2CCNCc1ccccc1. The maximum absolute atomic E-state index is 3.50. The minimum Gasteiger partial charge on any atom is -0.346 e. The molecule has 0 atom stereocenters. The summed E-state index contributed by atoms with van der Waals surface area (Å²) >= 11 is 0. The summed E-state index contributed by atoms with van der Waals surface area (Å²) in [6.07, 6.45) is 2.18. The Morgan fingerprint density at radius 3 is 2.65 bits per heavy atom. The van der Waals surface area contributed by atoms with Crippen molar-refractivity contribution in [3.63, 3.8) is 0 Å². The number of aryl methyl sites for hydroxylation is 1. The number of rotatable bonds is 5. The van der Waals surface area contributed by atoms with Gasteiger partial charge in [0.1, 0.15) is 0 Å². The zero-order valence-corrected chi connectivity index (χ0v) is 11.8. The first-order valence-corrected chi connectivity index (χ1v) is 7.14. The quantitative estimate of drug-likeness (QED) is 0.695. The molecule has 1 N–H and O–H groups in total. The highest BCUT2D eigenvalue weighted by Gasteiger charge is 2.02. The first-order valence-electron chi connectivity index (χ1n) is 7.14. The molecule has 20 heavy (non-hydrogen) atoms. The van der Waals surface area contributed by atoms with Crippen molar-refractivity contribution >= 4 is 10.9 Å². The van der Waals surface area contributed by atoms with Crippen LogP contribution < -0.4 is 5.32 Å². The van der Waals surface area contributed by atoms with Crippen molar-refractivity contribution in [3.8, 4) is 0 Å². The van der Waals surface area contributed by atoms with Crippen LogP contribution >= 0.6 is 0 Å². The van der Waals surface area contributed by atoms with Crippen molar-refractivity contribution in [2.75, 3.05) is 6.54 Å². The first-order chi connectivity index (χ1) is 9.84. The van der Waals surface area contributed by atoms with E-state index in [0.29, 0.717) is 0 Å². The summed E-state index contributed by atoms with van der Waals surface area (Å²) in [7, 11) is 0. The van der Waals surface area contributed by atoms with E-state index in [0.717, 1.165) is 19.6 Å². The molecule has 0 unspecified atom stereocenters.